The predicted octanol–water partition coefficient (Wildman–Crippen LogP) is 1.95. The predicted molar refractivity (Wildman–Crippen MR) is 74.7 cm³/mol. The van der Waals surface area contributed by atoms with Crippen molar-refractivity contribution in [2.24, 2.45) is 0 Å². The molecule has 1 aromatic carbocycles. The summed E-state index contributed by atoms with van der Waals surface area (Å²) in [4.78, 5) is 3.09. The van der Waals surface area contributed by atoms with Gasteiger partial charge < -0.3 is 10.1 Å². The van der Waals surface area contributed by atoms with E-state index in [1.165, 1.54) is 6.26 Å². The van der Waals surface area contributed by atoms with Gasteiger partial charge >= 0.3 is 0 Å². The summed E-state index contributed by atoms with van der Waals surface area (Å²) in [6.45, 7) is 0. The fourth-order valence-corrected chi connectivity index (χ4v) is 4.84. The van der Waals surface area contributed by atoms with E-state index in [9.17, 15) is 13.5 Å². The highest BCUT2D eigenvalue weighted by molar-refractivity contribution is 7.91. The van der Waals surface area contributed by atoms with Gasteiger partial charge in [-0.1, -0.05) is 12.1 Å². The molecule has 1 heterocycles. The number of sulfone groups is 1. The Kier molecular flexibility index (Phi) is 2.73. The molecule has 0 bridgehead atoms. The molecule has 1 fully saturated rings. The second-order valence-electron chi connectivity index (χ2n) is 5.38. The molecule has 1 aliphatic carbocycles. The van der Waals surface area contributed by atoms with E-state index in [0.29, 0.717) is 12.8 Å². The quantitative estimate of drug-likeness (QED) is 0.882. The number of aromatic amines is 1. The highest BCUT2D eigenvalue weighted by Crippen LogP contribution is 2.44. The highest BCUT2D eigenvalue weighted by atomic mass is 32.2. The maximum Gasteiger partial charge on any atom is 0.153 e. The molecule has 0 amide bonds. The monoisotopic (exact) mass is 279 g/mol. The van der Waals surface area contributed by atoms with Gasteiger partial charge in [-0.3, -0.25) is 0 Å². The average molecular weight is 279 g/mol. The lowest BCUT2D eigenvalue weighted by molar-refractivity contribution is 0.0492. The van der Waals surface area contributed by atoms with E-state index in [-0.39, 0.29) is 0 Å². The SMILES string of the molecule is CS(=O)(=O)C1CCCC1(O)c1cccc2[nH]ccc12. The lowest BCUT2D eigenvalue weighted by atomic mass is 9.89. The molecular formula is C14H17NO3S. The molecule has 0 saturated heterocycles. The molecule has 1 saturated carbocycles. The van der Waals surface area contributed by atoms with Crippen LogP contribution in [0.2, 0.25) is 0 Å². The van der Waals surface area contributed by atoms with Crippen LogP contribution in [0.15, 0.2) is 30.5 Å². The van der Waals surface area contributed by atoms with Crippen LogP contribution in [0.4, 0.5) is 0 Å². The minimum absolute atomic E-state index is 0.495. The van der Waals surface area contributed by atoms with E-state index < -0.39 is 20.7 Å². The third-order valence-corrected chi connectivity index (χ3v) is 5.79. The van der Waals surface area contributed by atoms with Crippen molar-refractivity contribution in [2.45, 2.75) is 30.1 Å². The van der Waals surface area contributed by atoms with E-state index in [1.54, 1.807) is 0 Å². The van der Waals surface area contributed by atoms with Gasteiger partial charge in [0.05, 0.1) is 5.25 Å². The number of fused-ring (bicyclic) bond motifs is 1. The molecule has 1 aliphatic rings. The van der Waals surface area contributed by atoms with Crippen LogP contribution in [0, 0.1) is 0 Å². The Hall–Kier alpha value is -1.33. The zero-order valence-corrected chi connectivity index (χ0v) is 11.6. The van der Waals surface area contributed by atoms with E-state index in [4.69, 9.17) is 0 Å². The van der Waals surface area contributed by atoms with Crippen LogP contribution in [0.1, 0.15) is 24.8 Å². The zero-order valence-electron chi connectivity index (χ0n) is 10.8. The van der Waals surface area contributed by atoms with Crippen LogP contribution in [0.5, 0.6) is 0 Å². The zero-order chi connectivity index (χ0) is 13.7. The summed E-state index contributed by atoms with van der Waals surface area (Å²) >= 11 is 0. The molecule has 19 heavy (non-hydrogen) atoms. The lowest BCUT2D eigenvalue weighted by Gasteiger charge is -2.30. The van der Waals surface area contributed by atoms with Gasteiger partial charge in [-0.2, -0.15) is 0 Å². The van der Waals surface area contributed by atoms with Crippen LogP contribution >= 0.6 is 0 Å². The van der Waals surface area contributed by atoms with Crippen LogP contribution < -0.4 is 0 Å². The Morgan fingerprint density at radius 2 is 2.16 bits per heavy atom. The smallest absolute Gasteiger partial charge is 0.153 e. The van der Waals surface area contributed by atoms with Gasteiger partial charge in [0.15, 0.2) is 9.84 Å². The molecular weight excluding hydrogens is 262 g/mol. The molecule has 3 rings (SSSR count). The molecule has 2 N–H and O–H groups in total. The summed E-state index contributed by atoms with van der Waals surface area (Å²) in [6.07, 6.45) is 4.77. The van der Waals surface area contributed by atoms with Crippen LogP contribution in [-0.2, 0) is 15.4 Å². The molecule has 4 nitrogen and oxygen atoms in total. The van der Waals surface area contributed by atoms with Crippen LogP contribution in [0.3, 0.4) is 0 Å². The first-order valence-electron chi connectivity index (χ1n) is 6.41. The number of hydrogen-bond acceptors (Lipinski definition) is 3. The Labute approximate surface area is 112 Å². The molecule has 2 unspecified atom stereocenters. The number of aromatic nitrogens is 1. The minimum Gasteiger partial charge on any atom is -0.384 e. The van der Waals surface area contributed by atoms with Gasteiger partial charge in [0.2, 0.25) is 0 Å². The third kappa shape index (κ3) is 1.88. The summed E-state index contributed by atoms with van der Waals surface area (Å²) in [5, 5.41) is 11.2. The van der Waals surface area contributed by atoms with Gasteiger partial charge in [-0.05, 0) is 37.0 Å². The number of aliphatic hydroxyl groups is 1. The molecule has 2 atom stereocenters. The topological polar surface area (TPSA) is 70.2 Å². The van der Waals surface area contributed by atoms with Crippen molar-refractivity contribution in [2.75, 3.05) is 6.26 Å². The van der Waals surface area contributed by atoms with Crippen molar-refractivity contribution in [3.05, 3.63) is 36.0 Å². The van der Waals surface area contributed by atoms with Gasteiger partial charge in [0.25, 0.3) is 0 Å². The van der Waals surface area contributed by atoms with Crippen molar-refractivity contribution in [1.29, 1.82) is 0 Å². The number of nitrogens with one attached hydrogen (secondary N) is 1. The Morgan fingerprint density at radius 3 is 2.89 bits per heavy atom. The van der Waals surface area contributed by atoms with Crippen molar-refractivity contribution < 1.29 is 13.5 Å². The van der Waals surface area contributed by atoms with E-state index in [2.05, 4.69) is 4.98 Å². The van der Waals surface area contributed by atoms with E-state index in [0.717, 1.165) is 22.9 Å². The number of benzene rings is 1. The summed E-state index contributed by atoms with van der Waals surface area (Å²) in [5.41, 5.74) is 0.374. The summed E-state index contributed by atoms with van der Waals surface area (Å²) in [7, 11) is -3.27. The largest absolute Gasteiger partial charge is 0.384 e. The van der Waals surface area contributed by atoms with Gasteiger partial charge in [-0.15, -0.1) is 0 Å². The highest BCUT2D eigenvalue weighted by Gasteiger charge is 2.48. The van der Waals surface area contributed by atoms with E-state index >= 15 is 0 Å². The fourth-order valence-electron chi connectivity index (χ4n) is 3.30. The summed E-state index contributed by atoms with van der Waals surface area (Å²) in [6, 6.07) is 7.50. The maximum absolute atomic E-state index is 11.9. The average Bonchev–Trinajstić information content (AvgIpc) is 2.93. The Bertz CT molecular complexity index is 719. The molecule has 0 radical (unpaired) electrons. The molecule has 102 valence electrons. The third-order valence-electron chi connectivity index (χ3n) is 4.14. The standard InChI is InChI=1S/C14H17NO3S/c1-19(17,18)13-6-3-8-14(13,16)11-4-2-5-12-10(11)7-9-15-12/h2,4-5,7,9,13,15-16H,3,6,8H2,1H3. The summed E-state index contributed by atoms with van der Waals surface area (Å²) < 4.78 is 23.9. The van der Waals surface area contributed by atoms with Gasteiger partial charge in [0.1, 0.15) is 5.60 Å². The summed E-state index contributed by atoms with van der Waals surface area (Å²) in [5.74, 6) is 0. The molecule has 0 spiro atoms. The number of rotatable bonds is 2. The molecule has 0 aliphatic heterocycles. The first-order chi connectivity index (χ1) is 8.93. The van der Waals surface area contributed by atoms with Gasteiger partial charge in [-0.25, -0.2) is 8.42 Å². The Balaban J connectivity index is 2.22. The second kappa shape index (κ2) is 4.08. The lowest BCUT2D eigenvalue weighted by Crippen LogP contribution is -2.39. The van der Waals surface area contributed by atoms with Crippen molar-refractivity contribution in [3.63, 3.8) is 0 Å². The minimum atomic E-state index is -3.27. The van der Waals surface area contributed by atoms with Crippen molar-refractivity contribution >= 4 is 20.7 Å². The number of H-pyrrole nitrogens is 1. The Morgan fingerprint density at radius 1 is 1.37 bits per heavy atom. The van der Waals surface area contributed by atoms with Crippen molar-refractivity contribution in [3.8, 4) is 0 Å². The molecule has 5 heteroatoms. The van der Waals surface area contributed by atoms with Gasteiger partial charge in [0, 0.05) is 23.4 Å². The molecule has 2 aromatic rings. The van der Waals surface area contributed by atoms with E-state index in [1.807, 2.05) is 30.5 Å². The van der Waals surface area contributed by atoms with Crippen LogP contribution in [0.25, 0.3) is 10.9 Å². The molecule has 1 aromatic heterocycles. The normalized spacial score (nSPS) is 28.0. The van der Waals surface area contributed by atoms with Crippen molar-refractivity contribution in [1.82, 2.24) is 4.98 Å². The van der Waals surface area contributed by atoms with Crippen LogP contribution in [-0.4, -0.2) is 30.0 Å². The first kappa shape index (κ1) is 12.7. The number of hydrogen-bond donors (Lipinski definition) is 2. The fraction of sp³-hybridized carbons (Fsp3) is 0.429. The first-order valence-corrected chi connectivity index (χ1v) is 8.36. The maximum atomic E-state index is 11.9. The second-order valence-corrected chi connectivity index (χ2v) is 7.61.